The highest BCUT2D eigenvalue weighted by molar-refractivity contribution is 14.1. The Labute approximate surface area is 110 Å². The van der Waals surface area contributed by atoms with Gasteiger partial charge in [0.25, 0.3) is 5.56 Å². The molecule has 0 saturated heterocycles. The van der Waals surface area contributed by atoms with Gasteiger partial charge in [0, 0.05) is 0 Å². The van der Waals surface area contributed by atoms with Gasteiger partial charge in [-0.1, -0.05) is 18.2 Å². The molecular formula is C11H7IN4O. The second-order valence-electron chi connectivity index (χ2n) is 3.49. The van der Waals surface area contributed by atoms with Crippen LogP contribution in [0.25, 0.3) is 16.7 Å². The molecule has 5 nitrogen and oxygen atoms in total. The van der Waals surface area contributed by atoms with E-state index >= 15 is 0 Å². The second kappa shape index (κ2) is 3.95. The van der Waals surface area contributed by atoms with E-state index < -0.39 is 0 Å². The van der Waals surface area contributed by atoms with Gasteiger partial charge in [-0.2, -0.15) is 5.10 Å². The first-order chi connectivity index (χ1) is 8.27. The number of fused-ring (bicyclic) bond motifs is 1. The molecule has 0 bridgehead atoms. The quantitative estimate of drug-likeness (QED) is 0.636. The van der Waals surface area contributed by atoms with Crippen molar-refractivity contribution in [3.63, 3.8) is 0 Å². The van der Waals surface area contributed by atoms with Gasteiger partial charge >= 0.3 is 0 Å². The van der Waals surface area contributed by atoms with Crippen molar-refractivity contribution < 1.29 is 0 Å². The molecule has 0 N–H and O–H groups in total. The van der Waals surface area contributed by atoms with Crippen molar-refractivity contribution in [3.05, 3.63) is 53.2 Å². The smallest absolute Gasteiger partial charge is 0.268 e. The van der Waals surface area contributed by atoms with Crippen molar-refractivity contribution in [1.82, 2.24) is 17.5 Å². The van der Waals surface area contributed by atoms with Crippen molar-refractivity contribution >= 4 is 33.9 Å². The maximum absolute atomic E-state index is 11.8. The Hall–Kier alpha value is -1.70. The van der Waals surface area contributed by atoms with E-state index in [9.17, 15) is 4.79 Å². The van der Waals surface area contributed by atoms with E-state index in [0.717, 1.165) is 5.69 Å². The van der Waals surface area contributed by atoms with E-state index in [0.29, 0.717) is 11.0 Å². The fourth-order valence-corrected chi connectivity index (χ4v) is 2.03. The first kappa shape index (κ1) is 10.5. The Morgan fingerprint density at radius 3 is 2.71 bits per heavy atom. The summed E-state index contributed by atoms with van der Waals surface area (Å²) in [5, 5.41) is 4.72. The normalized spacial score (nSPS) is 10.9. The van der Waals surface area contributed by atoms with Gasteiger partial charge in [0.15, 0.2) is 5.65 Å². The standard InChI is InChI=1S/C11H7IN4O/c12-15-7-13-10-9(11(15)17)6-14-16(10)8-4-2-1-3-5-8/h1-7H. The van der Waals surface area contributed by atoms with E-state index in [1.54, 1.807) is 10.9 Å². The lowest BCUT2D eigenvalue weighted by Crippen LogP contribution is -2.12. The average molecular weight is 338 g/mol. The summed E-state index contributed by atoms with van der Waals surface area (Å²) in [4.78, 5) is 16.1. The second-order valence-corrected chi connectivity index (χ2v) is 4.53. The molecule has 84 valence electrons. The van der Waals surface area contributed by atoms with Crippen LogP contribution in [0.1, 0.15) is 0 Å². The summed E-state index contributed by atoms with van der Waals surface area (Å²) in [5.74, 6) is 0. The summed E-state index contributed by atoms with van der Waals surface area (Å²) in [6, 6.07) is 9.61. The van der Waals surface area contributed by atoms with Crippen molar-refractivity contribution in [2.75, 3.05) is 0 Å². The minimum Gasteiger partial charge on any atom is -0.268 e. The maximum Gasteiger partial charge on any atom is 0.273 e. The molecule has 2 heterocycles. The molecule has 0 atom stereocenters. The van der Waals surface area contributed by atoms with Gasteiger partial charge in [-0.3, -0.25) is 4.79 Å². The van der Waals surface area contributed by atoms with Gasteiger partial charge in [-0.05, 0) is 12.1 Å². The predicted octanol–water partition coefficient (Wildman–Crippen LogP) is 1.78. The zero-order valence-electron chi connectivity index (χ0n) is 8.62. The number of para-hydroxylation sites is 1. The molecule has 0 aliphatic rings. The first-order valence-electron chi connectivity index (χ1n) is 4.94. The summed E-state index contributed by atoms with van der Waals surface area (Å²) in [6.07, 6.45) is 3.04. The zero-order chi connectivity index (χ0) is 11.8. The minimum absolute atomic E-state index is 0.0993. The van der Waals surface area contributed by atoms with Crippen LogP contribution in [0.15, 0.2) is 47.7 Å². The van der Waals surface area contributed by atoms with E-state index in [2.05, 4.69) is 10.1 Å². The topological polar surface area (TPSA) is 52.7 Å². The molecule has 0 fully saturated rings. The van der Waals surface area contributed by atoms with Gasteiger partial charge in [0.05, 0.1) is 34.7 Å². The summed E-state index contributed by atoms with van der Waals surface area (Å²) in [6.45, 7) is 0. The SMILES string of the molecule is O=c1c2cnn(-c3ccccc3)c2ncn1I. The lowest BCUT2D eigenvalue weighted by atomic mass is 10.3. The van der Waals surface area contributed by atoms with Crippen LogP contribution in [0, 0.1) is 0 Å². The summed E-state index contributed by atoms with van der Waals surface area (Å²) < 4.78 is 3.07. The minimum atomic E-state index is -0.0993. The predicted molar refractivity (Wildman–Crippen MR) is 72.5 cm³/mol. The molecule has 0 spiro atoms. The first-order valence-corrected chi connectivity index (χ1v) is 5.91. The molecule has 0 aliphatic heterocycles. The lowest BCUT2D eigenvalue weighted by molar-refractivity contribution is 0.894. The van der Waals surface area contributed by atoms with Crippen molar-refractivity contribution in [2.24, 2.45) is 0 Å². The molecule has 0 radical (unpaired) electrons. The molecule has 0 unspecified atom stereocenters. The molecular weight excluding hydrogens is 331 g/mol. The number of rotatable bonds is 1. The van der Waals surface area contributed by atoms with Crippen molar-refractivity contribution in [1.29, 1.82) is 0 Å². The molecule has 1 aromatic carbocycles. The number of hydrogen-bond acceptors (Lipinski definition) is 3. The van der Waals surface area contributed by atoms with E-state index in [4.69, 9.17) is 0 Å². The van der Waals surface area contributed by atoms with Gasteiger partial charge in [-0.15, -0.1) is 0 Å². The Balaban J connectivity index is 2.34. The number of benzene rings is 1. The molecule has 6 heteroatoms. The van der Waals surface area contributed by atoms with E-state index in [1.807, 2.05) is 53.2 Å². The maximum atomic E-state index is 11.8. The zero-order valence-corrected chi connectivity index (χ0v) is 10.8. The van der Waals surface area contributed by atoms with Gasteiger partial charge in [0.1, 0.15) is 11.7 Å². The van der Waals surface area contributed by atoms with Gasteiger partial charge in [-0.25, -0.2) is 12.4 Å². The van der Waals surface area contributed by atoms with Crippen LogP contribution in [0.3, 0.4) is 0 Å². The summed E-state index contributed by atoms with van der Waals surface area (Å²) in [7, 11) is 0. The summed E-state index contributed by atoms with van der Waals surface area (Å²) >= 11 is 1.90. The molecule has 3 aromatic rings. The number of aromatic nitrogens is 4. The Morgan fingerprint density at radius 1 is 1.18 bits per heavy atom. The monoisotopic (exact) mass is 338 g/mol. The van der Waals surface area contributed by atoms with Crippen molar-refractivity contribution in [2.45, 2.75) is 0 Å². The van der Waals surface area contributed by atoms with E-state index in [-0.39, 0.29) is 5.56 Å². The van der Waals surface area contributed by atoms with Crippen LogP contribution in [0.4, 0.5) is 0 Å². The van der Waals surface area contributed by atoms with Crippen LogP contribution >= 0.6 is 22.9 Å². The Morgan fingerprint density at radius 2 is 1.94 bits per heavy atom. The van der Waals surface area contributed by atoms with Crippen LogP contribution in [-0.2, 0) is 0 Å². The third-order valence-corrected chi connectivity index (χ3v) is 3.14. The fraction of sp³-hybridized carbons (Fsp3) is 0. The average Bonchev–Trinajstić information content (AvgIpc) is 2.79. The molecule has 0 aliphatic carbocycles. The highest BCUT2D eigenvalue weighted by Crippen LogP contribution is 2.13. The highest BCUT2D eigenvalue weighted by atomic mass is 127. The van der Waals surface area contributed by atoms with E-state index in [1.165, 1.54) is 9.11 Å². The fourth-order valence-electron chi connectivity index (χ4n) is 1.65. The number of hydrogen-bond donors (Lipinski definition) is 0. The van der Waals surface area contributed by atoms with Crippen LogP contribution < -0.4 is 5.56 Å². The van der Waals surface area contributed by atoms with Crippen molar-refractivity contribution in [3.8, 4) is 5.69 Å². The molecule has 2 aromatic heterocycles. The largest absolute Gasteiger partial charge is 0.273 e. The Kier molecular flexibility index (Phi) is 2.43. The highest BCUT2D eigenvalue weighted by Gasteiger charge is 2.09. The lowest BCUT2D eigenvalue weighted by Gasteiger charge is -2.01. The Bertz CT molecular complexity index is 732. The molecule has 3 rings (SSSR count). The van der Waals surface area contributed by atoms with Gasteiger partial charge in [0.2, 0.25) is 0 Å². The molecule has 0 saturated carbocycles. The van der Waals surface area contributed by atoms with Gasteiger partial charge < -0.3 is 0 Å². The number of nitrogens with zero attached hydrogens (tertiary/aromatic N) is 4. The summed E-state index contributed by atoms with van der Waals surface area (Å²) in [5.41, 5.74) is 1.37. The number of halogens is 1. The van der Waals surface area contributed by atoms with Crippen LogP contribution in [0.2, 0.25) is 0 Å². The molecule has 0 amide bonds. The van der Waals surface area contributed by atoms with Crippen LogP contribution in [0.5, 0.6) is 0 Å². The third-order valence-electron chi connectivity index (χ3n) is 2.45. The van der Waals surface area contributed by atoms with Crippen LogP contribution in [-0.4, -0.2) is 17.5 Å². The third kappa shape index (κ3) is 1.64. The molecule has 17 heavy (non-hydrogen) atoms.